The van der Waals surface area contributed by atoms with E-state index in [2.05, 4.69) is 5.32 Å². The Morgan fingerprint density at radius 3 is 2.04 bits per heavy atom. The molecule has 10 heteroatoms. The molecule has 1 saturated carbocycles. The van der Waals surface area contributed by atoms with Crippen LogP contribution in [0, 0.1) is 5.82 Å². The van der Waals surface area contributed by atoms with Gasteiger partial charge in [0.05, 0.1) is 17.2 Å². The highest BCUT2D eigenvalue weighted by Crippen LogP contribution is 2.27. The van der Waals surface area contributed by atoms with Crippen molar-refractivity contribution in [2.24, 2.45) is 0 Å². The van der Waals surface area contributed by atoms with Gasteiger partial charge < -0.3 is 15.0 Å². The van der Waals surface area contributed by atoms with Gasteiger partial charge in [-0.1, -0.05) is 73.5 Å². The molecule has 0 saturated heterocycles. The molecule has 0 aliphatic heterocycles. The normalized spacial score (nSPS) is 13.9. The molecule has 4 aromatic rings. The molecule has 0 aromatic heterocycles. The van der Waals surface area contributed by atoms with Gasteiger partial charge in [-0.25, -0.2) is 12.8 Å². The Balaban J connectivity index is 1.54. The SMILES string of the molecule is CCOc1ccc(S(=O)(=O)N(CC(=O)N(Cc2ccccc2)[C@@H](Cc2ccccc2)C(=O)NC2CCCC2)c2ccc(F)cc2)cc1. The average molecular weight is 658 g/mol. The number of anilines is 1. The summed E-state index contributed by atoms with van der Waals surface area (Å²) in [6.45, 7) is 1.70. The van der Waals surface area contributed by atoms with Gasteiger partial charge in [-0.15, -0.1) is 0 Å². The molecule has 1 aliphatic carbocycles. The molecule has 8 nitrogen and oxygen atoms in total. The lowest BCUT2D eigenvalue weighted by Gasteiger charge is -2.34. The van der Waals surface area contributed by atoms with Gasteiger partial charge in [0.2, 0.25) is 11.8 Å². The summed E-state index contributed by atoms with van der Waals surface area (Å²) in [7, 11) is -4.32. The number of amides is 2. The van der Waals surface area contributed by atoms with Gasteiger partial charge in [-0.3, -0.25) is 13.9 Å². The minimum absolute atomic E-state index is 0.0187. The molecular formula is C37H40FN3O5S. The lowest BCUT2D eigenvalue weighted by molar-refractivity contribution is -0.140. The monoisotopic (exact) mass is 657 g/mol. The number of nitrogens with zero attached hydrogens (tertiary/aromatic N) is 2. The predicted octanol–water partition coefficient (Wildman–Crippen LogP) is 6.12. The van der Waals surface area contributed by atoms with Crippen LogP contribution in [-0.2, 0) is 32.6 Å². The van der Waals surface area contributed by atoms with Crippen molar-refractivity contribution in [3.63, 3.8) is 0 Å². The van der Waals surface area contributed by atoms with Crippen LogP contribution in [-0.4, -0.2) is 50.4 Å². The van der Waals surface area contributed by atoms with Gasteiger partial charge in [0.25, 0.3) is 10.0 Å². The molecule has 4 aromatic carbocycles. The zero-order valence-electron chi connectivity index (χ0n) is 26.4. The summed E-state index contributed by atoms with van der Waals surface area (Å²) in [4.78, 5) is 30.0. The van der Waals surface area contributed by atoms with Crippen molar-refractivity contribution in [3.05, 3.63) is 126 Å². The fourth-order valence-corrected chi connectivity index (χ4v) is 7.25. The van der Waals surface area contributed by atoms with E-state index in [4.69, 9.17) is 4.74 Å². The summed E-state index contributed by atoms with van der Waals surface area (Å²) >= 11 is 0. The Bertz CT molecular complexity index is 1710. The van der Waals surface area contributed by atoms with Gasteiger partial charge in [-0.2, -0.15) is 0 Å². The standard InChI is InChI=1S/C37H40FN3O5S/c1-2-46-33-21-23-34(24-22-33)47(44,45)41(32-19-17-30(38)18-20-32)27-36(42)40(26-29-13-7-4-8-14-29)35(25-28-11-5-3-6-12-28)37(43)39-31-15-9-10-16-31/h3-8,11-14,17-24,31,35H,2,9-10,15-16,25-27H2,1H3,(H,39,43)/t35-/m0/s1. The predicted molar refractivity (Wildman–Crippen MR) is 180 cm³/mol. The lowest BCUT2D eigenvalue weighted by atomic mass is 10.0. The second kappa shape index (κ2) is 15.7. The van der Waals surface area contributed by atoms with Crippen LogP contribution in [0.5, 0.6) is 5.75 Å². The van der Waals surface area contributed by atoms with Crippen molar-refractivity contribution in [1.29, 1.82) is 0 Å². The summed E-state index contributed by atoms with van der Waals surface area (Å²) in [5.41, 5.74) is 1.76. The topological polar surface area (TPSA) is 96.0 Å². The third-order valence-electron chi connectivity index (χ3n) is 8.28. The maximum Gasteiger partial charge on any atom is 0.264 e. The van der Waals surface area contributed by atoms with E-state index >= 15 is 0 Å². The second-order valence-electron chi connectivity index (χ2n) is 11.6. The molecule has 0 spiro atoms. The Morgan fingerprint density at radius 1 is 0.851 bits per heavy atom. The molecule has 2 amide bonds. The first-order chi connectivity index (χ1) is 22.7. The van der Waals surface area contributed by atoms with E-state index in [0.717, 1.165) is 53.2 Å². The highest BCUT2D eigenvalue weighted by Gasteiger charge is 2.35. The van der Waals surface area contributed by atoms with Crippen molar-refractivity contribution in [2.45, 2.75) is 62.6 Å². The van der Waals surface area contributed by atoms with Gasteiger partial charge in [-0.05, 0) is 79.4 Å². The van der Waals surface area contributed by atoms with E-state index in [1.54, 1.807) is 12.1 Å². The third kappa shape index (κ3) is 8.77. The maximum atomic E-state index is 14.5. The third-order valence-corrected chi connectivity index (χ3v) is 10.1. The molecule has 1 N–H and O–H groups in total. The van der Waals surface area contributed by atoms with Crippen LogP contribution in [0.2, 0.25) is 0 Å². The summed E-state index contributed by atoms with van der Waals surface area (Å²) in [6, 6.07) is 28.7. The number of rotatable bonds is 14. The minimum Gasteiger partial charge on any atom is -0.494 e. The number of nitrogens with one attached hydrogen (secondary N) is 1. The van der Waals surface area contributed by atoms with Crippen molar-refractivity contribution in [3.8, 4) is 5.75 Å². The van der Waals surface area contributed by atoms with Crippen LogP contribution in [0.4, 0.5) is 10.1 Å². The molecule has 1 atom stereocenters. The molecule has 5 rings (SSSR count). The number of halogens is 1. The van der Waals surface area contributed by atoms with Gasteiger partial charge >= 0.3 is 0 Å². The first kappa shape index (κ1) is 33.7. The first-order valence-corrected chi connectivity index (χ1v) is 17.4. The maximum absolute atomic E-state index is 14.5. The fourth-order valence-electron chi connectivity index (χ4n) is 5.84. The Labute approximate surface area is 276 Å². The molecule has 0 bridgehead atoms. The first-order valence-electron chi connectivity index (χ1n) is 15.9. The molecule has 246 valence electrons. The summed E-state index contributed by atoms with van der Waals surface area (Å²) < 4.78 is 48.8. The Kier molecular flexibility index (Phi) is 11.3. The molecular weight excluding hydrogens is 617 g/mol. The zero-order chi connectivity index (χ0) is 33.2. The van der Waals surface area contributed by atoms with E-state index < -0.39 is 34.3 Å². The van der Waals surface area contributed by atoms with Gasteiger partial charge in [0, 0.05) is 19.0 Å². The van der Waals surface area contributed by atoms with E-state index in [0.29, 0.717) is 12.4 Å². The molecule has 0 heterocycles. The van der Waals surface area contributed by atoms with E-state index in [9.17, 15) is 22.4 Å². The number of carbonyl (C=O) groups excluding carboxylic acids is 2. The smallest absolute Gasteiger partial charge is 0.264 e. The molecule has 1 aliphatic rings. The van der Waals surface area contributed by atoms with Crippen LogP contribution < -0.4 is 14.4 Å². The Morgan fingerprint density at radius 2 is 1.45 bits per heavy atom. The van der Waals surface area contributed by atoms with Crippen molar-refractivity contribution < 1.29 is 27.1 Å². The van der Waals surface area contributed by atoms with Crippen LogP contribution in [0.1, 0.15) is 43.7 Å². The quantitative estimate of drug-likeness (QED) is 0.176. The van der Waals surface area contributed by atoms with Gasteiger partial charge in [0.1, 0.15) is 24.2 Å². The summed E-state index contributed by atoms with van der Waals surface area (Å²) in [5, 5.41) is 3.17. The van der Waals surface area contributed by atoms with Crippen LogP contribution in [0.15, 0.2) is 114 Å². The van der Waals surface area contributed by atoms with Gasteiger partial charge in [0.15, 0.2) is 0 Å². The van der Waals surface area contributed by atoms with Crippen molar-refractivity contribution in [1.82, 2.24) is 10.2 Å². The van der Waals surface area contributed by atoms with E-state index in [1.807, 2.05) is 67.6 Å². The highest BCUT2D eigenvalue weighted by molar-refractivity contribution is 7.92. The molecule has 0 radical (unpaired) electrons. The van der Waals surface area contributed by atoms with Crippen LogP contribution in [0.3, 0.4) is 0 Å². The largest absolute Gasteiger partial charge is 0.494 e. The number of carbonyl (C=O) groups is 2. The number of sulfonamides is 1. The fraction of sp³-hybridized carbons (Fsp3) is 0.297. The highest BCUT2D eigenvalue weighted by atomic mass is 32.2. The zero-order valence-corrected chi connectivity index (χ0v) is 27.2. The summed E-state index contributed by atoms with van der Waals surface area (Å²) in [6.07, 6.45) is 4.03. The van der Waals surface area contributed by atoms with Crippen molar-refractivity contribution >= 4 is 27.5 Å². The van der Waals surface area contributed by atoms with Crippen LogP contribution in [0.25, 0.3) is 0 Å². The van der Waals surface area contributed by atoms with Crippen molar-refractivity contribution in [2.75, 3.05) is 17.5 Å². The average Bonchev–Trinajstić information content (AvgIpc) is 3.60. The number of hydrogen-bond acceptors (Lipinski definition) is 5. The minimum atomic E-state index is -4.32. The summed E-state index contributed by atoms with van der Waals surface area (Å²) in [5.74, 6) is -0.902. The molecule has 1 fully saturated rings. The molecule has 0 unspecified atom stereocenters. The lowest BCUT2D eigenvalue weighted by Crippen LogP contribution is -2.54. The van der Waals surface area contributed by atoms with Crippen LogP contribution >= 0.6 is 0 Å². The molecule has 47 heavy (non-hydrogen) atoms. The Hall–Kier alpha value is -4.70. The number of benzene rings is 4. The number of ether oxygens (including phenoxy) is 1. The number of hydrogen-bond donors (Lipinski definition) is 1. The second-order valence-corrected chi connectivity index (χ2v) is 13.5. The van der Waals surface area contributed by atoms with E-state index in [-0.39, 0.29) is 35.5 Å². The van der Waals surface area contributed by atoms with E-state index in [1.165, 1.54) is 29.2 Å².